The Hall–Kier alpha value is -0.610. The first-order valence-electron chi connectivity index (χ1n) is 9.03. The second kappa shape index (κ2) is 9.42. The molecular formula is C17H33N3O. The van der Waals surface area contributed by atoms with Gasteiger partial charge in [-0.3, -0.25) is 4.79 Å². The van der Waals surface area contributed by atoms with Gasteiger partial charge in [0.1, 0.15) is 0 Å². The molecule has 0 saturated carbocycles. The van der Waals surface area contributed by atoms with Crippen molar-refractivity contribution in [2.45, 2.75) is 64.3 Å². The number of unbranched alkanes of at least 4 members (excludes halogenated alkanes) is 3. The summed E-state index contributed by atoms with van der Waals surface area (Å²) >= 11 is 0. The third-order valence-corrected chi connectivity index (χ3v) is 4.87. The van der Waals surface area contributed by atoms with Crippen molar-refractivity contribution in [2.24, 2.45) is 5.92 Å². The number of amides is 1. The molecule has 2 aliphatic rings. The van der Waals surface area contributed by atoms with E-state index in [-0.39, 0.29) is 11.9 Å². The van der Waals surface area contributed by atoms with Gasteiger partial charge in [0.2, 0.25) is 5.91 Å². The molecule has 2 unspecified atom stereocenters. The molecule has 21 heavy (non-hydrogen) atoms. The molecule has 0 bridgehead atoms. The molecule has 2 atom stereocenters. The van der Waals surface area contributed by atoms with E-state index >= 15 is 0 Å². The Morgan fingerprint density at radius 2 is 2.14 bits per heavy atom. The minimum absolute atomic E-state index is 0.0683. The quantitative estimate of drug-likeness (QED) is 0.674. The van der Waals surface area contributed by atoms with Gasteiger partial charge in [0.05, 0.1) is 6.04 Å². The molecule has 0 aromatic carbocycles. The Morgan fingerprint density at radius 3 is 2.90 bits per heavy atom. The summed E-state index contributed by atoms with van der Waals surface area (Å²) in [6.45, 7) is 7.79. The first-order chi connectivity index (χ1) is 10.3. The van der Waals surface area contributed by atoms with Crippen molar-refractivity contribution in [3.63, 3.8) is 0 Å². The van der Waals surface area contributed by atoms with Crippen molar-refractivity contribution in [3.05, 3.63) is 0 Å². The average molecular weight is 295 g/mol. The molecule has 2 rings (SSSR count). The number of likely N-dealkylation sites (tertiary alicyclic amines) is 1. The number of piperidine rings is 1. The first-order valence-corrected chi connectivity index (χ1v) is 9.03. The van der Waals surface area contributed by atoms with E-state index in [1.807, 2.05) is 0 Å². The molecule has 0 aliphatic carbocycles. The Morgan fingerprint density at radius 1 is 1.24 bits per heavy atom. The fraction of sp³-hybridized carbons (Fsp3) is 0.941. The van der Waals surface area contributed by atoms with Gasteiger partial charge in [-0.15, -0.1) is 0 Å². The van der Waals surface area contributed by atoms with E-state index in [1.54, 1.807) is 0 Å². The maximum absolute atomic E-state index is 12.0. The lowest BCUT2D eigenvalue weighted by Gasteiger charge is -2.33. The van der Waals surface area contributed by atoms with Gasteiger partial charge < -0.3 is 15.5 Å². The first kappa shape index (κ1) is 16.8. The Labute approximate surface area is 130 Å². The van der Waals surface area contributed by atoms with Crippen molar-refractivity contribution in [3.8, 4) is 0 Å². The molecule has 0 radical (unpaired) electrons. The molecule has 2 N–H and O–H groups in total. The van der Waals surface area contributed by atoms with Crippen LogP contribution < -0.4 is 10.6 Å². The van der Waals surface area contributed by atoms with Crippen molar-refractivity contribution in [1.29, 1.82) is 0 Å². The molecule has 122 valence electrons. The van der Waals surface area contributed by atoms with E-state index in [9.17, 15) is 4.79 Å². The summed E-state index contributed by atoms with van der Waals surface area (Å²) in [7, 11) is 0. The molecule has 0 spiro atoms. The molecule has 4 heteroatoms. The van der Waals surface area contributed by atoms with Crippen LogP contribution in [-0.2, 0) is 4.79 Å². The summed E-state index contributed by atoms with van der Waals surface area (Å²) in [5.41, 5.74) is 0. The summed E-state index contributed by atoms with van der Waals surface area (Å²) in [5.74, 6) is 0.864. The zero-order valence-corrected chi connectivity index (χ0v) is 13.7. The second-order valence-electron chi connectivity index (χ2n) is 6.76. The Balaban J connectivity index is 1.60. The van der Waals surface area contributed by atoms with Gasteiger partial charge >= 0.3 is 0 Å². The van der Waals surface area contributed by atoms with E-state index in [0.29, 0.717) is 5.92 Å². The third kappa shape index (κ3) is 5.95. The normalized spacial score (nSPS) is 26.9. The average Bonchev–Trinajstić information content (AvgIpc) is 3.04. The molecule has 0 aromatic rings. The largest absolute Gasteiger partial charge is 0.354 e. The van der Waals surface area contributed by atoms with Crippen LogP contribution in [0.15, 0.2) is 0 Å². The standard InChI is InChI=1S/C17H33N3O/c1-2-3-4-5-11-20-12-7-8-15(14-20)13-19-17(21)16-9-6-10-18-16/h15-16,18H,2-14H2,1H3,(H,19,21). The predicted molar refractivity (Wildman–Crippen MR) is 87.3 cm³/mol. The van der Waals surface area contributed by atoms with E-state index in [4.69, 9.17) is 0 Å². The number of carbonyl (C=O) groups excluding carboxylic acids is 1. The summed E-state index contributed by atoms with van der Waals surface area (Å²) in [6, 6.07) is 0.0683. The molecule has 1 amide bonds. The minimum Gasteiger partial charge on any atom is -0.354 e. The van der Waals surface area contributed by atoms with E-state index in [0.717, 1.165) is 25.9 Å². The highest BCUT2D eigenvalue weighted by atomic mass is 16.2. The topological polar surface area (TPSA) is 44.4 Å². The molecule has 2 heterocycles. The molecule has 2 aliphatic heterocycles. The van der Waals surface area contributed by atoms with Crippen molar-refractivity contribution in [1.82, 2.24) is 15.5 Å². The van der Waals surface area contributed by atoms with Crippen LogP contribution in [-0.4, -0.2) is 49.6 Å². The third-order valence-electron chi connectivity index (χ3n) is 4.87. The van der Waals surface area contributed by atoms with Crippen LogP contribution in [0.5, 0.6) is 0 Å². The zero-order valence-electron chi connectivity index (χ0n) is 13.7. The highest BCUT2D eigenvalue weighted by Crippen LogP contribution is 2.17. The SMILES string of the molecule is CCCCCCN1CCCC(CNC(=O)C2CCCN2)C1. The zero-order chi connectivity index (χ0) is 14.9. The number of hydrogen-bond acceptors (Lipinski definition) is 3. The summed E-state index contributed by atoms with van der Waals surface area (Å²) in [5, 5.41) is 6.43. The van der Waals surface area contributed by atoms with E-state index in [2.05, 4.69) is 22.5 Å². The number of nitrogens with one attached hydrogen (secondary N) is 2. The van der Waals surface area contributed by atoms with Gasteiger partial charge in [-0.2, -0.15) is 0 Å². The van der Waals surface area contributed by atoms with Crippen LogP contribution >= 0.6 is 0 Å². The maximum Gasteiger partial charge on any atom is 0.237 e. The van der Waals surface area contributed by atoms with Crippen LogP contribution in [0, 0.1) is 5.92 Å². The second-order valence-corrected chi connectivity index (χ2v) is 6.76. The van der Waals surface area contributed by atoms with Crippen LogP contribution in [0.4, 0.5) is 0 Å². The fourth-order valence-corrected chi connectivity index (χ4v) is 3.56. The van der Waals surface area contributed by atoms with Crippen LogP contribution in [0.1, 0.15) is 58.3 Å². The summed E-state index contributed by atoms with van der Waals surface area (Å²) in [4.78, 5) is 14.6. The lowest BCUT2D eigenvalue weighted by molar-refractivity contribution is -0.123. The van der Waals surface area contributed by atoms with Crippen LogP contribution in [0.3, 0.4) is 0 Å². The predicted octanol–water partition coefficient (Wildman–Crippen LogP) is 2.15. The minimum atomic E-state index is 0.0683. The highest BCUT2D eigenvalue weighted by molar-refractivity contribution is 5.81. The van der Waals surface area contributed by atoms with Gasteiger partial charge in [-0.05, 0) is 57.7 Å². The molecule has 0 aromatic heterocycles. The molecular weight excluding hydrogens is 262 g/mol. The van der Waals surface area contributed by atoms with Gasteiger partial charge in [0.15, 0.2) is 0 Å². The molecule has 2 fully saturated rings. The van der Waals surface area contributed by atoms with Gasteiger partial charge in [-0.1, -0.05) is 26.2 Å². The Kier molecular flexibility index (Phi) is 7.51. The van der Waals surface area contributed by atoms with Gasteiger partial charge in [-0.25, -0.2) is 0 Å². The number of rotatable bonds is 8. The summed E-state index contributed by atoms with van der Waals surface area (Å²) in [6.07, 6.45) is 10.1. The van der Waals surface area contributed by atoms with Crippen molar-refractivity contribution < 1.29 is 4.79 Å². The van der Waals surface area contributed by atoms with Crippen LogP contribution in [0.25, 0.3) is 0 Å². The van der Waals surface area contributed by atoms with Gasteiger partial charge in [0.25, 0.3) is 0 Å². The summed E-state index contributed by atoms with van der Waals surface area (Å²) < 4.78 is 0. The lowest BCUT2D eigenvalue weighted by atomic mass is 9.97. The maximum atomic E-state index is 12.0. The monoisotopic (exact) mass is 295 g/mol. The molecule has 4 nitrogen and oxygen atoms in total. The van der Waals surface area contributed by atoms with Gasteiger partial charge in [0, 0.05) is 13.1 Å². The smallest absolute Gasteiger partial charge is 0.237 e. The van der Waals surface area contributed by atoms with Crippen molar-refractivity contribution >= 4 is 5.91 Å². The Bertz CT molecular complexity index is 302. The van der Waals surface area contributed by atoms with Crippen LogP contribution in [0.2, 0.25) is 0 Å². The molecule has 2 saturated heterocycles. The van der Waals surface area contributed by atoms with E-state index < -0.39 is 0 Å². The van der Waals surface area contributed by atoms with Crippen molar-refractivity contribution in [2.75, 3.05) is 32.7 Å². The lowest BCUT2D eigenvalue weighted by Crippen LogP contribution is -2.45. The highest BCUT2D eigenvalue weighted by Gasteiger charge is 2.24. The number of carbonyl (C=O) groups is 1. The van der Waals surface area contributed by atoms with E-state index in [1.165, 1.54) is 58.2 Å². The number of hydrogen-bond donors (Lipinski definition) is 2. The fourth-order valence-electron chi connectivity index (χ4n) is 3.56. The number of nitrogens with zero attached hydrogens (tertiary/aromatic N) is 1.